The van der Waals surface area contributed by atoms with Gasteiger partial charge in [0, 0.05) is 6.42 Å². The van der Waals surface area contributed by atoms with Crippen molar-refractivity contribution in [1.82, 2.24) is 0 Å². The van der Waals surface area contributed by atoms with Crippen molar-refractivity contribution in [2.75, 3.05) is 6.61 Å². The van der Waals surface area contributed by atoms with E-state index in [0.29, 0.717) is 12.7 Å². The maximum atomic E-state index is 11.3. The Morgan fingerprint density at radius 1 is 0.829 bits per heavy atom. The van der Waals surface area contributed by atoms with E-state index in [9.17, 15) is 4.79 Å². The van der Waals surface area contributed by atoms with E-state index in [1.165, 1.54) is 77.0 Å². The second kappa shape index (κ2) is 19.4. The molecule has 3 unspecified atom stereocenters. The van der Waals surface area contributed by atoms with E-state index < -0.39 is 12.5 Å². The molecule has 0 bridgehead atoms. The molecule has 0 radical (unpaired) electrons. The highest BCUT2D eigenvalue weighted by molar-refractivity contribution is 5.54. The SMILES string of the molecule is CCCCCCCCCCC1CC(N=Nc2ccc(OCCCCCCCC)cc2)OC(C=O)O1. The summed E-state index contributed by atoms with van der Waals surface area (Å²) in [5.74, 6) is 0.853. The lowest BCUT2D eigenvalue weighted by molar-refractivity contribution is -0.228. The minimum Gasteiger partial charge on any atom is -0.494 e. The maximum absolute atomic E-state index is 11.3. The van der Waals surface area contributed by atoms with Gasteiger partial charge in [-0.2, -0.15) is 10.2 Å². The summed E-state index contributed by atoms with van der Waals surface area (Å²) < 4.78 is 17.2. The Balaban J connectivity index is 1.67. The van der Waals surface area contributed by atoms with Gasteiger partial charge >= 0.3 is 0 Å². The van der Waals surface area contributed by atoms with Gasteiger partial charge in [0.15, 0.2) is 12.5 Å². The number of benzene rings is 1. The van der Waals surface area contributed by atoms with Crippen LogP contribution in [0, 0.1) is 0 Å². The molecular weight excluding hydrogens is 440 g/mol. The molecule has 0 spiro atoms. The van der Waals surface area contributed by atoms with E-state index in [0.717, 1.165) is 37.3 Å². The number of unbranched alkanes of at least 4 members (excludes halogenated alkanes) is 12. The van der Waals surface area contributed by atoms with E-state index in [1.807, 2.05) is 24.3 Å². The smallest absolute Gasteiger partial charge is 0.217 e. The summed E-state index contributed by atoms with van der Waals surface area (Å²) in [6.45, 7) is 5.23. The zero-order valence-electron chi connectivity index (χ0n) is 22.2. The highest BCUT2D eigenvalue weighted by Crippen LogP contribution is 2.25. The summed E-state index contributed by atoms with van der Waals surface area (Å²) >= 11 is 0. The van der Waals surface area contributed by atoms with Crippen LogP contribution in [0.25, 0.3) is 0 Å². The first-order valence-corrected chi connectivity index (χ1v) is 14.1. The number of nitrogens with zero attached hydrogens (tertiary/aromatic N) is 2. The molecule has 0 N–H and O–H groups in total. The molecule has 0 aromatic heterocycles. The summed E-state index contributed by atoms with van der Waals surface area (Å²) in [5, 5.41) is 8.68. The molecule has 198 valence electrons. The third-order valence-corrected chi connectivity index (χ3v) is 6.48. The number of azo groups is 1. The topological polar surface area (TPSA) is 69.5 Å². The highest BCUT2D eigenvalue weighted by atomic mass is 16.7. The molecule has 1 aliphatic heterocycles. The third-order valence-electron chi connectivity index (χ3n) is 6.48. The molecule has 35 heavy (non-hydrogen) atoms. The van der Waals surface area contributed by atoms with Gasteiger partial charge in [-0.25, -0.2) is 0 Å². The van der Waals surface area contributed by atoms with Gasteiger partial charge in [-0.1, -0.05) is 97.3 Å². The van der Waals surface area contributed by atoms with Crippen LogP contribution in [0.1, 0.15) is 117 Å². The number of carbonyl (C=O) groups excluding carboxylic acids is 1. The molecule has 1 aliphatic rings. The standard InChI is InChI=1S/C29H48N2O4/c1-3-5-7-9-11-12-13-15-17-27-23-28(35-29(24-32)34-27)31-30-25-18-20-26(21-19-25)33-22-16-14-10-8-6-4-2/h18-21,24,27-29H,3-17,22-23H2,1-2H3. The average molecular weight is 489 g/mol. The van der Waals surface area contributed by atoms with Crippen molar-refractivity contribution in [3.05, 3.63) is 24.3 Å². The molecular formula is C29H48N2O4. The molecule has 1 fully saturated rings. The minimum atomic E-state index is -0.857. The molecule has 3 atom stereocenters. The second-order valence-corrected chi connectivity index (χ2v) is 9.68. The van der Waals surface area contributed by atoms with Gasteiger partial charge in [0.25, 0.3) is 0 Å². The highest BCUT2D eigenvalue weighted by Gasteiger charge is 2.29. The largest absolute Gasteiger partial charge is 0.494 e. The lowest BCUT2D eigenvalue weighted by Gasteiger charge is -2.30. The van der Waals surface area contributed by atoms with Crippen molar-refractivity contribution in [2.45, 2.75) is 135 Å². The van der Waals surface area contributed by atoms with Crippen molar-refractivity contribution in [3.63, 3.8) is 0 Å². The lowest BCUT2D eigenvalue weighted by atomic mass is 10.0. The van der Waals surface area contributed by atoms with Gasteiger partial charge < -0.3 is 14.2 Å². The first-order valence-electron chi connectivity index (χ1n) is 14.1. The van der Waals surface area contributed by atoms with Crippen molar-refractivity contribution >= 4 is 12.0 Å². The van der Waals surface area contributed by atoms with Crippen LogP contribution in [-0.4, -0.2) is 31.5 Å². The summed E-state index contributed by atoms with van der Waals surface area (Å²) in [4.78, 5) is 11.3. The van der Waals surface area contributed by atoms with Crippen LogP contribution in [0.3, 0.4) is 0 Å². The van der Waals surface area contributed by atoms with E-state index >= 15 is 0 Å². The molecule has 6 heteroatoms. The average Bonchev–Trinajstić information content (AvgIpc) is 2.89. The molecule has 1 saturated heterocycles. The molecule has 2 rings (SSSR count). The van der Waals surface area contributed by atoms with Crippen molar-refractivity contribution in [2.24, 2.45) is 10.2 Å². The van der Waals surface area contributed by atoms with Crippen LogP contribution in [0.15, 0.2) is 34.5 Å². The molecule has 0 aliphatic carbocycles. The van der Waals surface area contributed by atoms with E-state index in [-0.39, 0.29) is 6.10 Å². The predicted molar refractivity (Wildman–Crippen MR) is 141 cm³/mol. The Morgan fingerprint density at radius 3 is 2.06 bits per heavy atom. The Hall–Kier alpha value is -1.79. The number of rotatable bonds is 20. The monoisotopic (exact) mass is 488 g/mol. The number of hydrogen-bond donors (Lipinski definition) is 0. The quantitative estimate of drug-likeness (QED) is 0.105. The van der Waals surface area contributed by atoms with E-state index in [1.54, 1.807) is 0 Å². The minimum absolute atomic E-state index is 0.0132. The summed E-state index contributed by atoms with van der Waals surface area (Å²) in [7, 11) is 0. The fourth-order valence-corrected chi connectivity index (χ4v) is 4.36. The summed E-state index contributed by atoms with van der Waals surface area (Å²) in [5.41, 5.74) is 0.745. The van der Waals surface area contributed by atoms with Crippen LogP contribution in [-0.2, 0) is 14.3 Å². The van der Waals surface area contributed by atoms with Gasteiger partial charge in [-0.15, -0.1) is 0 Å². The second-order valence-electron chi connectivity index (χ2n) is 9.68. The number of hydrogen-bond acceptors (Lipinski definition) is 6. The lowest BCUT2D eigenvalue weighted by Crippen LogP contribution is -2.38. The van der Waals surface area contributed by atoms with Crippen molar-refractivity contribution < 1.29 is 19.0 Å². The number of ether oxygens (including phenoxy) is 3. The number of carbonyl (C=O) groups is 1. The van der Waals surface area contributed by atoms with Crippen LogP contribution in [0.5, 0.6) is 5.75 Å². The van der Waals surface area contributed by atoms with Crippen molar-refractivity contribution in [1.29, 1.82) is 0 Å². The Bertz CT molecular complexity index is 680. The van der Waals surface area contributed by atoms with Gasteiger partial charge in [0.2, 0.25) is 6.29 Å². The Kier molecular flexibility index (Phi) is 16.3. The summed E-state index contributed by atoms with van der Waals surface area (Å²) in [6, 6.07) is 7.65. The molecule has 0 amide bonds. The van der Waals surface area contributed by atoms with Gasteiger partial charge in [0.05, 0.1) is 18.4 Å². The normalized spacial score (nSPS) is 20.3. The summed E-state index contributed by atoms with van der Waals surface area (Å²) in [6.07, 6.45) is 18.7. The fourth-order valence-electron chi connectivity index (χ4n) is 4.36. The Labute approximate surface area is 213 Å². The van der Waals surface area contributed by atoms with Crippen LogP contribution in [0.2, 0.25) is 0 Å². The van der Waals surface area contributed by atoms with Crippen LogP contribution in [0.4, 0.5) is 5.69 Å². The molecule has 1 aromatic rings. The van der Waals surface area contributed by atoms with Gasteiger partial charge in [0.1, 0.15) is 5.75 Å². The van der Waals surface area contributed by atoms with Gasteiger partial charge in [-0.3, -0.25) is 4.79 Å². The zero-order valence-corrected chi connectivity index (χ0v) is 22.2. The molecule has 1 aromatic carbocycles. The fraction of sp³-hybridized carbons (Fsp3) is 0.759. The molecule has 0 saturated carbocycles. The van der Waals surface area contributed by atoms with Crippen LogP contribution < -0.4 is 4.74 Å². The van der Waals surface area contributed by atoms with Crippen molar-refractivity contribution in [3.8, 4) is 5.75 Å². The Morgan fingerprint density at radius 2 is 1.43 bits per heavy atom. The first kappa shape index (κ1) is 29.4. The first-order chi connectivity index (χ1) is 17.2. The molecule has 1 heterocycles. The third kappa shape index (κ3) is 13.8. The van der Waals surface area contributed by atoms with Gasteiger partial charge in [-0.05, 0) is 37.1 Å². The molecule has 6 nitrogen and oxygen atoms in total. The van der Waals surface area contributed by atoms with E-state index in [4.69, 9.17) is 14.2 Å². The number of aldehydes is 1. The van der Waals surface area contributed by atoms with E-state index in [2.05, 4.69) is 24.1 Å². The zero-order chi connectivity index (χ0) is 25.0. The maximum Gasteiger partial charge on any atom is 0.217 e. The predicted octanol–water partition coefficient (Wildman–Crippen LogP) is 8.70. The van der Waals surface area contributed by atoms with Crippen LogP contribution >= 0.6 is 0 Å².